The van der Waals surface area contributed by atoms with Crippen LogP contribution in [0.4, 0.5) is 0 Å². The topological polar surface area (TPSA) is 273 Å². The van der Waals surface area contributed by atoms with Gasteiger partial charge in [0.1, 0.15) is 29.6 Å². The zero-order valence-electron chi connectivity index (χ0n) is 40.8. The summed E-state index contributed by atoms with van der Waals surface area (Å²) in [6.45, 7) is 7.62. The predicted octanol–water partition coefficient (Wildman–Crippen LogP) is 2.99. The molecule has 0 unspecified atom stereocenters. The number of nitrogens with zero attached hydrogens (tertiary/aromatic N) is 4. The molecule has 20 nitrogen and oxygen atoms in total. The molecule has 2 aliphatic heterocycles. The highest BCUT2D eigenvalue weighted by atomic mass is 16.6. The van der Waals surface area contributed by atoms with Crippen molar-refractivity contribution in [3.8, 4) is 0 Å². The van der Waals surface area contributed by atoms with Gasteiger partial charge in [-0.3, -0.25) is 48.3 Å². The molecule has 0 radical (unpaired) electrons. The van der Waals surface area contributed by atoms with Crippen LogP contribution in [-0.4, -0.2) is 118 Å². The number of nitrogens with one attached hydrogen (secondary N) is 4. The Kier molecular flexibility index (Phi) is 20.2. The van der Waals surface area contributed by atoms with E-state index in [2.05, 4.69) is 41.2 Å². The zero-order valence-corrected chi connectivity index (χ0v) is 40.8. The largest absolute Gasteiger partial charge is 0.551 e. The fraction of sp³-hybridized carbons (Fsp3) is 0.440. The average Bonchev–Trinajstić information content (AvgIpc) is 3.37. The molecule has 378 valence electrons. The summed E-state index contributed by atoms with van der Waals surface area (Å²) in [6, 6.07) is 17.2. The number of rotatable bonds is 25. The maximum atomic E-state index is 14.0. The second-order valence-corrected chi connectivity index (χ2v) is 18.6. The SMILES string of the molecule is CC(C)C[C@H](NC(=O)[C@H](Cc1ccccc1)NC(=O)c1cnccn1)B1OC(=O)C[C@H](C(=O)CCCNC(=O)[C@H]2CC(=O)OB([C@H](CC(C)C)NC(=O)[C@@H](CC(=O)c3cnccn3)Cc3ccccc3)O2)O1. The van der Waals surface area contributed by atoms with Gasteiger partial charge in [-0.05, 0) is 48.6 Å². The van der Waals surface area contributed by atoms with Crippen LogP contribution in [0.25, 0.3) is 0 Å². The molecule has 0 spiro atoms. The van der Waals surface area contributed by atoms with E-state index in [-0.39, 0.29) is 80.5 Å². The number of aromatic nitrogens is 4. The van der Waals surface area contributed by atoms with Gasteiger partial charge in [0.05, 0.1) is 37.1 Å². The molecule has 0 aliphatic carbocycles. The average molecular weight is 987 g/mol. The third-order valence-corrected chi connectivity index (χ3v) is 11.8. The minimum absolute atomic E-state index is 0.00694. The van der Waals surface area contributed by atoms with Gasteiger partial charge in [0.2, 0.25) is 17.7 Å². The van der Waals surface area contributed by atoms with E-state index in [9.17, 15) is 38.4 Å². The van der Waals surface area contributed by atoms with Crippen molar-refractivity contribution in [2.45, 2.75) is 116 Å². The third kappa shape index (κ3) is 16.7. The molecule has 2 saturated heterocycles. The maximum absolute atomic E-state index is 14.0. The van der Waals surface area contributed by atoms with Crippen molar-refractivity contribution < 1.29 is 57.0 Å². The van der Waals surface area contributed by atoms with Gasteiger partial charge >= 0.3 is 14.2 Å². The lowest BCUT2D eigenvalue weighted by Crippen LogP contribution is -2.59. The van der Waals surface area contributed by atoms with Crippen LogP contribution in [0.1, 0.15) is 105 Å². The molecule has 4 aromatic rings. The second-order valence-electron chi connectivity index (χ2n) is 18.6. The Labute approximate surface area is 418 Å². The van der Waals surface area contributed by atoms with Crippen molar-refractivity contribution in [3.63, 3.8) is 0 Å². The van der Waals surface area contributed by atoms with Crippen LogP contribution in [0.3, 0.4) is 0 Å². The number of carbonyl (C=O) groups excluding carboxylic acids is 8. The maximum Gasteiger partial charge on any atom is 0.551 e. The summed E-state index contributed by atoms with van der Waals surface area (Å²) in [7, 11) is -2.66. The fourth-order valence-electron chi connectivity index (χ4n) is 8.29. The lowest BCUT2D eigenvalue weighted by molar-refractivity contribution is -0.149. The van der Waals surface area contributed by atoms with Crippen molar-refractivity contribution in [2.75, 3.05) is 6.54 Å². The molecule has 2 fully saturated rings. The van der Waals surface area contributed by atoms with Gasteiger partial charge in [0, 0.05) is 56.5 Å². The van der Waals surface area contributed by atoms with Crippen LogP contribution in [0.15, 0.2) is 97.8 Å². The van der Waals surface area contributed by atoms with Crippen LogP contribution < -0.4 is 21.3 Å². The minimum Gasteiger partial charge on any atom is -0.508 e. The van der Waals surface area contributed by atoms with E-state index in [4.69, 9.17) is 18.6 Å². The minimum atomic E-state index is -1.33. The molecular formula is C50H60B2N8O12. The smallest absolute Gasteiger partial charge is 0.508 e. The predicted molar refractivity (Wildman–Crippen MR) is 261 cm³/mol. The number of ketones is 2. The highest BCUT2D eigenvalue weighted by Crippen LogP contribution is 2.23. The molecular weight excluding hydrogens is 926 g/mol. The van der Waals surface area contributed by atoms with Gasteiger partial charge in [-0.1, -0.05) is 88.4 Å². The van der Waals surface area contributed by atoms with E-state index in [0.717, 1.165) is 11.1 Å². The number of benzene rings is 2. The zero-order chi connectivity index (χ0) is 51.6. The monoisotopic (exact) mass is 986 g/mol. The normalized spacial score (nSPS) is 17.4. The summed E-state index contributed by atoms with van der Waals surface area (Å²) < 4.78 is 23.2. The Morgan fingerprint density at radius 1 is 0.653 bits per heavy atom. The Morgan fingerprint density at radius 2 is 1.18 bits per heavy atom. The molecule has 22 heteroatoms. The molecule has 2 aromatic carbocycles. The van der Waals surface area contributed by atoms with Crippen molar-refractivity contribution >= 4 is 61.4 Å². The molecule has 6 atom stereocenters. The lowest BCUT2D eigenvalue weighted by atomic mass is 9.72. The van der Waals surface area contributed by atoms with Crippen LogP contribution in [-0.2, 0) is 60.2 Å². The van der Waals surface area contributed by atoms with Gasteiger partial charge in [0.25, 0.3) is 17.8 Å². The number of carbonyl (C=O) groups is 8. The second kappa shape index (κ2) is 26.9. The highest BCUT2D eigenvalue weighted by molar-refractivity contribution is 6.50. The van der Waals surface area contributed by atoms with Gasteiger partial charge < -0.3 is 39.9 Å². The van der Waals surface area contributed by atoms with E-state index in [1.807, 2.05) is 88.4 Å². The van der Waals surface area contributed by atoms with Crippen LogP contribution in [0.2, 0.25) is 0 Å². The summed E-state index contributed by atoms with van der Waals surface area (Å²) >= 11 is 0. The number of amides is 4. The van der Waals surface area contributed by atoms with Crippen molar-refractivity contribution in [3.05, 3.63) is 120 Å². The highest BCUT2D eigenvalue weighted by Gasteiger charge is 2.46. The van der Waals surface area contributed by atoms with Gasteiger partial charge in [-0.15, -0.1) is 0 Å². The van der Waals surface area contributed by atoms with Gasteiger partial charge in [-0.25, -0.2) is 9.97 Å². The first-order valence-corrected chi connectivity index (χ1v) is 24.2. The molecule has 4 amide bonds. The van der Waals surface area contributed by atoms with Crippen molar-refractivity contribution in [2.24, 2.45) is 17.8 Å². The van der Waals surface area contributed by atoms with Gasteiger partial charge in [-0.2, -0.15) is 0 Å². The molecule has 4 heterocycles. The summed E-state index contributed by atoms with van der Waals surface area (Å²) in [5, 5.41) is 11.3. The van der Waals surface area contributed by atoms with E-state index >= 15 is 0 Å². The van der Waals surface area contributed by atoms with E-state index in [1.165, 1.54) is 37.2 Å². The first-order chi connectivity index (χ1) is 34.6. The summed E-state index contributed by atoms with van der Waals surface area (Å²) in [5.41, 5.74) is 1.72. The Morgan fingerprint density at radius 3 is 1.74 bits per heavy atom. The lowest BCUT2D eigenvalue weighted by Gasteiger charge is -2.33. The number of hydrogen-bond acceptors (Lipinski definition) is 16. The fourth-order valence-corrected chi connectivity index (χ4v) is 8.29. The first-order valence-electron chi connectivity index (χ1n) is 24.2. The Balaban J connectivity index is 1.03. The molecule has 2 aliphatic rings. The van der Waals surface area contributed by atoms with E-state index in [0.29, 0.717) is 6.42 Å². The summed E-state index contributed by atoms with van der Waals surface area (Å²) in [6.07, 6.45) is 5.76. The van der Waals surface area contributed by atoms with Gasteiger partial charge in [0.15, 0.2) is 11.6 Å². The van der Waals surface area contributed by atoms with E-state index < -0.39 is 98.1 Å². The molecule has 6 rings (SSSR count). The molecule has 2 aromatic heterocycles. The standard InChI is InChI=1S/C50H60B2N8O12/c1-31(2)22-43(59-47(65)35(24-33-12-7-5-8-13-33)26-40(62)37-29-53-18-20-55-37)52-70-42(28-46(64)72-52)50(68)57-17-11-16-39(61)41-27-45(63)71-51(69-41)44(23-32(3)4)60-48(66)36(25-34-14-9-6-10-15-34)58-49(67)38-30-54-19-21-56-38/h5-10,12-15,18-21,29-32,35-36,41-44H,11,16-17,22-28H2,1-4H3,(H,57,68)(H,58,67)(H,59,65)(H,60,66)/t35-,36+,41-,42-,43+,44+/m1/s1. The van der Waals surface area contributed by atoms with Crippen molar-refractivity contribution in [1.29, 1.82) is 0 Å². The first kappa shape index (κ1) is 54.1. The summed E-state index contributed by atoms with van der Waals surface area (Å²) in [4.78, 5) is 123. The molecule has 72 heavy (non-hydrogen) atoms. The summed E-state index contributed by atoms with van der Waals surface area (Å²) in [5.74, 6) is -7.23. The quantitative estimate of drug-likeness (QED) is 0.0422. The van der Waals surface area contributed by atoms with Crippen LogP contribution >= 0.6 is 0 Å². The molecule has 0 saturated carbocycles. The molecule has 0 bridgehead atoms. The van der Waals surface area contributed by atoms with E-state index in [1.54, 1.807) is 0 Å². The Hall–Kier alpha value is -7.19. The van der Waals surface area contributed by atoms with Crippen LogP contribution in [0.5, 0.6) is 0 Å². The van der Waals surface area contributed by atoms with Crippen LogP contribution in [0, 0.1) is 17.8 Å². The Bertz CT molecular complexity index is 2310. The van der Waals surface area contributed by atoms with Crippen molar-refractivity contribution in [1.82, 2.24) is 41.2 Å². The molecule has 4 N–H and O–H groups in total. The number of Topliss-reactive ketones (excluding diaryl/α,β-unsaturated/α-hetero) is 2. The third-order valence-electron chi connectivity index (χ3n) is 11.8. The number of hydrogen-bond donors (Lipinski definition) is 4.